The Labute approximate surface area is 129 Å². The molecule has 0 spiro atoms. The number of likely N-dealkylation sites (tertiary alicyclic amines) is 1. The van der Waals surface area contributed by atoms with Gasteiger partial charge in [0.15, 0.2) is 0 Å². The van der Waals surface area contributed by atoms with E-state index in [0.717, 1.165) is 32.2 Å². The van der Waals surface area contributed by atoms with Crippen molar-refractivity contribution in [3.63, 3.8) is 0 Å². The van der Waals surface area contributed by atoms with Crippen LogP contribution in [0.3, 0.4) is 0 Å². The van der Waals surface area contributed by atoms with Crippen LogP contribution in [0.2, 0.25) is 0 Å². The molecule has 2 rings (SSSR count). The number of rotatable bonds is 5. The van der Waals surface area contributed by atoms with E-state index >= 15 is 0 Å². The van der Waals surface area contributed by atoms with Crippen molar-refractivity contribution in [2.75, 3.05) is 26.2 Å². The lowest BCUT2D eigenvalue weighted by Crippen LogP contribution is -2.52. The monoisotopic (exact) mass is 296 g/mol. The predicted octanol–water partition coefficient (Wildman–Crippen LogP) is 2.56. The second kappa shape index (κ2) is 6.66. The lowest BCUT2D eigenvalue weighted by atomic mass is 9.82. The highest BCUT2D eigenvalue weighted by Crippen LogP contribution is 2.38. The normalized spacial score (nSPS) is 33.0. The van der Waals surface area contributed by atoms with E-state index in [1.165, 1.54) is 25.9 Å². The molecule has 2 unspecified atom stereocenters. The van der Waals surface area contributed by atoms with Crippen LogP contribution in [-0.4, -0.2) is 42.6 Å². The zero-order valence-corrected chi connectivity index (χ0v) is 14.0. The number of carbonyl (C=O) groups excluding carboxylic acids is 1. The molecule has 0 radical (unpaired) electrons. The van der Waals surface area contributed by atoms with E-state index in [1.807, 2.05) is 6.92 Å². The van der Waals surface area contributed by atoms with Gasteiger partial charge in [-0.1, -0.05) is 20.3 Å². The molecule has 4 nitrogen and oxygen atoms in total. The van der Waals surface area contributed by atoms with Gasteiger partial charge < -0.3 is 15.4 Å². The van der Waals surface area contributed by atoms with Crippen molar-refractivity contribution in [2.45, 2.75) is 64.8 Å². The van der Waals surface area contributed by atoms with Crippen molar-refractivity contribution in [1.82, 2.24) is 4.90 Å². The second-order valence-corrected chi connectivity index (χ2v) is 7.64. The Bertz CT molecular complexity index is 360. The van der Waals surface area contributed by atoms with E-state index in [2.05, 4.69) is 18.7 Å². The number of carbonyl (C=O) groups is 1. The van der Waals surface area contributed by atoms with E-state index in [4.69, 9.17) is 10.5 Å². The number of nitrogens with zero attached hydrogens (tertiary/aromatic N) is 1. The second-order valence-electron chi connectivity index (χ2n) is 7.64. The summed E-state index contributed by atoms with van der Waals surface area (Å²) < 4.78 is 5.20. The molecule has 2 N–H and O–H groups in total. The van der Waals surface area contributed by atoms with Crippen LogP contribution in [0.15, 0.2) is 0 Å². The summed E-state index contributed by atoms with van der Waals surface area (Å²) >= 11 is 0. The fourth-order valence-electron chi connectivity index (χ4n) is 3.76. The van der Waals surface area contributed by atoms with Crippen LogP contribution in [0.25, 0.3) is 0 Å². The Morgan fingerprint density at radius 3 is 2.57 bits per heavy atom. The number of nitrogens with two attached hydrogens (primary N) is 1. The van der Waals surface area contributed by atoms with Crippen molar-refractivity contribution in [3.05, 3.63) is 0 Å². The maximum atomic E-state index is 12.2. The molecule has 21 heavy (non-hydrogen) atoms. The van der Waals surface area contributed by atoms with E-state index in [1.54, 1.807) is 0 Å². The van der Waals surface area contributed by atoms with Gasteiger partial charge in [-0.15, -0.1) is 0 Å². The summed E-state index contributed by atoms with van der Waals surface area (Å²) in [6, 6.07) is 0. The molecule has 0 amide bonds. The smallest absolute Gasteiger partial charge is 0.326 e. The van der Waals surface area contributed by atoms with Gasteiger partial charge in [0, 0.05) is 0 Å². The minimum absolute atomic E-state index is 0.188. The average Bonchev–Trinajstić information content (AvgIpc) is 2.81. The van der Waals surface area contributed by atoms with Crippen LogP contribution in [-0.2, 0) is 9.53 Å². The first-order chi connectivity index (χ1) is 9.87. The van der Waals surface area contributed by atoms with Crippen LogP contribution in [0.1, 0.15) is 59.3 Å². The summed E-state index contributed by atoms with van der Waals surface area (Å²) in [4.78, 5) is 14.7. The molecule has 0 aromatic rings. The molecule has 2 atom stereocenters. The minimum Gasteiger partial charge on any atom is -0.465 e. The van der Waals surface area contributed by atoms with Gasteiger partial charge in [0.1, 0.15) is 5.54 Å². The summed E-state index contributed by atoms with van der Waals surface area (Å²) in [5.74, 6) is 0.0961. The molecular weight excluding hydrogens is 264 g/mol. The van der Waals surface area contributed by atoms with Crippen LogP contribution < -0.4 is 5.73 Å². The maximum Gasteiger partial charge on any atom is 0.326 e. The van der Waals surface area contributed by atoms with Gasteiger partial charge in [-0.05, 0) is 70.0 Å². The molecule has 1 heterocycles. The summed E-state index contributed by atoms with van der Waals surface area (Å²) in [6.07, 6.45) is 6.45. The van der Waals surface area contributed by atoms with Gasteiger partial charge in [-0.2, -0.15) is 0 Å². The molecule has 1 aliphatic carbocycles. The highest BCUT2D eigenvalue weighted by atomic mass is 16.5. The predicted molar refractivity (Wildman–Crippen MR) is 85.0 cm³/mol. The molecule has 1 aliphatic heterocycles. The zero-order valence-electron chi connectivity index (χ0n) is 14.0. The lowest BCUT2D eigenvalue weighted by Gasteiger charge is -2.38. The largest absolute Gasteiger partial charge is 0.465 e. The van der Waals surface area contributed by atoms with E-state index in [9.17, 15) is 4.79 Å². The van der Waals surface area contributed by atoms with Crippen molar-refractivity contribution in [1.29, 1.82) is 0 Å². The van der Waals surface area contributed by atoms with Crippen LogP contribution in [0.4, 0.5) is 0 Å². The topological polar surface area (TPSA) is 55.6 Å². The quantitative estimate of drug-likeness (QED) is 0.792. The third-order valence-electron chi connectivity index (χ3n) is 5.53. The Hall–Kier alpha value is -0.610. The first-order valence-corrected chi connectivity index (χ1v) is 8.56. The number of hydrogen-bond donors (Lipinski definition) is 1. The minimum atomic E-state index is -0.731. The molecule has 4 heteroatoms. The molecule has 0 bridgehead atoms. The summed E-state index contributed by atoms with van der Waals surface area (Å²) in [6.45, 7) is 10.4. The maximum absolute atomic E-state index is 12.2. The van der Waals surface area contributed by atoms with Gasteiger partial charge in [0.05, 0.1) is 6.61 Å². The number of esters is 1. The Balaban J connectivity index is 1.83. The fraction of sp³-hybridized carbons (Fsp3) is 0.941. The van der Waals surface area contributed by atoms with Crippen molar-refractivity contribution in [2.24, 2.45) is 17.1 Å². The third-order valence-corrected chi connectivity index (χ3v) is 5.53. The van der Waals surface area contributed by atoms with E-state index < -0.39 is 5.54 Å². The number of piperidine rings is 1. The Kier molecular flexibility index (Phi) is 5.31. The molecule has 0 aromatic carbocycles. The van der Waals surface area contributed by atoms with Gasteiger partial charge in [0.25, 0.3) is 0 Å². The first-order valence-electron chi connectivity index (χ1n) is 8.56. The van der Waals surface area contributed by atoms with E-state index in [0.29, 0.717) is 12.0 Å². The standard InChI is InChI=1S/C17H32N2O2/c1-4-21-15(20)17(18)8-5-6-14(17)7-11-19-12-9-16(2,3)10-13-19/h14H,4-13,18H2,1-3H3. The molecule has 0 aromatic heterocycles. The van der Waals surface area contributed by atoms with Crippen LogP contribution in [0, 0.1) is 11.3 Å². The van der Waals surface area contributed by atoms with Gasteiger partial charge in [-0.3, -0.25) is 4.79 Å². The number of ether oxygens (including phenoxy) is 1. The Morgan fingerprint density at radius 1 is 1.29 bits per heavy atom. The number of hydrogen-bond acceptors (Lipinski definition) is 4. The summed E-state index contributed by atoms with van der Waals surface area (Å²) in [7, 11) is 0. The average molecular weight is 296 g/mol. The van der Waals surface area contributed by atoms with Gasteiger partial charge in [-0.25, -0.2) is 0 Å². The molecule has 2 aliphatic rings. The molecule has 1 saturated heterocycles. The molecule has 2 fully saturated rings. The van der Waals surface area contributed by atoms with Crippen LogP contribution >= 0.6 is 0 Å². The van der Waals surface area contributed by atoms with Crippen LogP contribution in [0.5, 0.6) is 0 Å². The lowest BCUT2D eigenvalue weighted by molar-refractivity contribution is -0.151. The van der Waals surface area contributed by atoms with Crippen molar-refractivity contribution in [3.8, 4) is 0 Å². The van der Waals surface area contributed by atoms with Crippen molar-refractivity contribution >= 4 is 5.97 Å². The highest BCUT2D eigenvalue weighted by Gasteiger charge is 2.46. The fourth-order valence-corrected chi connectivity index (χ4v) is 3.76. The Morgan fingerprint density at radius 2 is 1.95 bits per heavy atom. The van der Waals surface area contributed by atoms with Gasteiger partial charge in [0.2, 0.25) is 0 Å². The first kappa shape index (κ1) is 16.8. The summed E-state index contributed by atoms with van der Waals surface area (Å²) in [5.41, 5.74) is 6.16. The summed E-state index contributed by atoms with van der Waals surface area (Å²) in [5, 5.41) is 0. The van der Waals surface area contributed by atoms with E-state index in [-0.39, 0.29) is 11.9 Å². The third kappa shape index (κ3) is 3.98. The van der Waals surface area contributed by atoms with Crippen molar-refractivity contribution < 1.29 is 9.53 Å². The molecule has 1 saturated carbocycles. The molecule has 122 valence electrons. The SMILES string of the molecule is CCOC(=O)C1(N)CCCC1CCN1CCC(C)(C)CC1. The molecular formula is C17H32N2O2. The zero-order chi connectivity index (χ0) is 15.5. The van der Waals surface area contributed by atoms with Gasteiger partial charge >= 0.3 is 5.97 Å². The highest BCUT2D eigenvalue weighted by molar-refractivity contribution is 5.81.